The van der Waals surface area contributed by atoms with E-state index in [4.69, 9.17) is 24.2 Å². The molecule has 4 aliphatic heterocycles. The summed E-state index contributed by atoms with van der Waals surface area (Å²) in [6.45, 7) is 5.44. The number of fused-ring (bicyclic) bond motifs is 8. The third-order valence-corrected chi connectivity index (χ3v) is 11.8. The van der Waals surface area contributed by atoms with E-state index >= 15 is 0 Å². The first-order chi connectivity index (χ1) is 27.4. The summed E-state index contributed by atoms with van der Waals surface area (Å²) in [7, 11) is 1.31. The number of methoxy groups -OCH3 is 1. The monoisotopic (exact) mass is 763 g/mol. The number of aromatic nitrogens is 4. The number of H-pyrrole nitrogens is 2. The van der Waals surface area contributed by atoms with Crippen molar-refractivity contribution in [2.75, 3.05) is 33.4 Å². The van der Waals surface area contributed by atoms with Crippen molar-refractivity contribution in [3.63, 3.8) is 0 Å². The van der Waals surface area contributed by atoms with Crippen molar-refractivity contribution in [1.29, 1.82) is 0 Å². The third-order valence-electron chi connectivity index (χ3n) is 11.8. The normalized spacial score (nSPS) is 23.8. The van der Waals surface area contributed by atoms with Crippen LogP contribution in [0.15, 0.2) is 48.5 Å². The van der Waals surface area contributed by atoms with Crippen LogP contribution in [0.2, 0.25) is 0 Å². The van der Waals surface area contributed by atoms with E-state index in [1.165, 1.54) is 7.11 Å². The maximum Gasteiger partial charge on any atom is 0.407 e. The minimum absolute atomic E-state index is 0.000707. The summed E-state index contributed by atoms with van der Waals surface area (Å²) in [6.07, 6.45) is 7.73. The Morgan fingerprint density at radius 2 is 1.16 bits per heavy atom. The number of hydrogen-bond donors (Lipinski definition) is 3. The summed E-state index contributed by atoms with van der Waals surface area (Å²) >= 11 is 0. The number of benzene rings is 2. The van der Waals surface area contributed by atoms with Gasteiger partial charge in [0.05, 0.1) is 55.2 Å². The minimum atomic E-state index is -0.663. The van der Waals surface area contributed by atoms with Crippen molar-refractivity contribution < 1.29 is 28.6 Å². The molecule has 4 atom stereocenters. The zero-order valence-electron chi connectivity index (χ0n) is 32.5. The molecule has 0 aliphatic carbocycles. The molecule has 2 aromatic heterocycles. The molecule has 0 unspecified atom stereocenters. The second kappa shape index (κ2) is 17.0. The van der Waals surface area contributed by atoms with Crippen molar-refractivity contribution >= 4 is 17.9 Å². The summed E-state index contributed by atoms with van der Waals surface area (Å²) in [5, 5.41) is 2.75. The van der Waals surface area contributed by atoms with Gasteiger partial charge < -0.3 is 39.3 Å². The first kappa shape index (κ1) is 37.9. The number of amides is 3. The Balaban J connectivity index is 1.02. The van der Waals surface area contributed by atoms with Crippen LogP contribution >= 0.6 is 0 Å². The lowest BCUT2D eigenvalue weighted by Gasteiger charge is -2.28. The van der Waals surface area contributed by atoms with E-state index in [2.05, 4.69) is 63.8 Å². The van der Waals surface area contributed by atoms with E-state index < -0.39 is 12.1 Å². The van der Waals surface area contributed by atoms with Crippen LogP contribution in [0.25, 0.3) is 33.6 Å². The number of rotatable bonds is 4. The Labute approximate surface area is 327 Å². The van der Waals surface area contributed by atoms with E-state index in [9.17, 15) is 14.4 Å². The van der Waals surface area contributed by atoms with Crippen molar-refractivity contribution in [2.24, 2.45) is 5.92 Å². The summed E-state index contributed by atoms with van der Waals surface area (Å²) in [6, 6.07) is 15.9. The Hall–Kier alpha value is -5.01. The van der Waals surface area contributed by atoms with Crippen LogP contribution in [0.4, 0.5) is 4.79 Å². The van der Waals surface area contributed by atoms with Gasteiger partial charge in [0, 0.05) is 43.3 Å². The van der Waals surface area contributed by atoms with E-state index in [1.807, 2.05) is 16.7 Å². The number of carbonyl (C=O) groups excluding carboxylic acids is 3. The number of nitrogens with one attached hydrogen (secondary N) is 3. The first-order valence-corrected chi connectivity index (χ1v) is 20.4. The standard InChI is InChI=1S/C43H53N7O6/c1-27-9-3-5-23-55-25-33-37(47-39(44-33)35-11-7-21-49(35)41(27)51)30-17-13-28(14-18-30)29-15-19-31(20-16-29)38-34-26-56-24-6-4-10-32(46-43(53)54-2)42(52)50-22-8-12-36(50)40(45-34)48-38/h13-20,27,32,35-36H,3-12,21-26H2,1-2H3,(H,44,47)(H,45,48)(H,46,53)/t27-,32-,35-,36-/m0/s1. The first-order valence-electron chi connectivity index (χ1n) is 20.4. The number of imidazole rings is 2. The molecule has 4 bridgehead atoms. The highest BCUT2D eigenvalue weighted by atomic mass is 16.5. The van der Waals surface area contributed by atoms with Gasteiger partial charge in [-0.25, -0.2) is 14.8 Å². The molecule has 13 heteroatoms. The van der Waals surface area contributed by atoms with E-state index in [-0.39, 0.29) is 29.8 Å². The average molecular weight is 764 g/mol. The number of alkyl carbamates (subject to hydrolysis) is 1. The van der Waals surface area contributed by atoms with Gasteiger partial charge in [0.25, 0.3) is 0 Å². The van der Waals surface area contributed by atoms with Crippen molar-refractivity contribution in [1.82, 2.24) is 35.1 Å². The highest BCUT2D eigenvalue weighted by Crippen LogP contribution is 2.37. The Kier molecular flexibility index (Phi) is 11.5. The lowest BCUT2D eigenvalue weighted by atomic mass is 10.00. The Morgan fingerprint density at radius 3 is 1.68 bits per heavy atom. The molecule has 3 N–H and O–H groups in total. The number of aromatic amines is 2. The molecule has 0 spiro atoms. The molecule has 56 heavy (non-hydrogen) atoms. The molecule has 4 aromatic rings. The lowest BCUT2D eigenvalue weighted by Crippen LogP contribution is -2.48. The fourth-order valence-corrected chi connectivity index (χ4v) is 8.75. The van der Waals surface area contributed by atoms with Crippen LogP contribution < -0.4 is 5.32 Å². The fourth-order valence-electron chi connectivity index (χ4n) is 8.75. The summed E-state index contributed by atoms with van der Waals surface area (Å²) < 4.78 is 17.0. The van der Waals surface area contributed by atoms with Crippen LogP contribution in [-0.2, 0) is 37.0 Å². The second-order valence-corrected chi connectivity index (χ2v) is 15.6. The van der Waals surface area contributed by atoms with Gasteiger partial charge in [-0.2, -0.15) is 0 Å². The highest BCUT2D eigenvalue weighted by molar-refractivity contribution is 5.86. The van der Waals surface area contributed by atoms with Gasteiger partial charge in [0.1, 0.15) is 17.7 Å². The molecule has 8 rings (SSSR count). The number of carbonyl (C=O) groups is 3. The summed E-state index contributed by atoms with van der Waals surface area (Å²) in [5.41, 5.74) is 7.63. The molecule has 0 saturated carbocycles. The largest absolute Gasteiger partial charge is 0.453 e. The minimum Gasteiger partial charge on any atom is -0.453 e. The van der Waals surface area contributed by atoms with Gasteiger partial charge in [-0.1, -0.05) is 61.9 Å². The summed E-state index contributed by atoms with van der Waals surface area (Å²) in [5.74, 6) is 1.70. The smallest absolute Gasteiger partial charge is 0.407 e. The molecule has 13 nitrogen and oxygen atoms in total. The van der Waals surface area contributed by atoms with Crippen LogP contribution in [0.3, 0.4) is 0 Å². The Bertz CT molecular complexity index is 2010. The lowest BCUT2D eigenvalue weighted by molar-refractivity contribution is -0.136. The molecule has 296 valence electrons. The van der Waals surface area contributed by atoms with Crippen LogP contribution in [0, 0.1) is 5.92 Å². The van der Waals surface area contributed by atoms with Gasteiger partial charge in [-0.3, -0.25) is 9.59 Å². The quantitative estimate of drug-likeness (QED) is 0.197. The predicted octanol–water partition coefficient (Wildman–Crippen LogP) is 7.22. The van der Waals surface area contributed by atoms with Gasteiger partial charge in [-0.15, -0.1) is 0 Å². The number of nitrogens with zero attached hydrogens (tertiary/aromatic N) is 4. The second-order valence-electron chi connectivity index (χ2n) is 15.6. The van der Waals surface area contributed by atoms with Gasteiger partial charge >= 0.3 is 6.09 Å². The highest BCUT2D eigenvalue weighted by Gasteiger charge is 2.38. The molecule has 0 radical (unpaired) electrons. The predicted molar refractivity (Wildman–Crippen MR) is 210 cm³/mol. The average Bonchev–Trinajstić information content (AvgIpc) is 4.05. The van der Waals surface area contributed by atoms with E-state index in [0.29, 0.717) is 39.4 Å². The fraction of sp³-hybridized carbons (Fsp3) is 0.512. The van der Waals surface area contributed by atoms with Crippen LogP contribution in [0.1, 0.15) is 106 Å². The topological polar surface area (TPSA) is 155 Å². The molecular formula is C43H53N7O6. The van der Waals surface area contributed by atoms with Gasteiger partial charge in [0.2, 0.25) is 11.8 Å². The number of ether oxygens (including phenoxy) is 3. The maximum atomic E-state index is 13.8. The number of hydrogen-bond acceptors (Lipinski definition) is 8. The van der Waals surface area contributed by atoms with Crippen LogP contribution in [-0.4, -0.2) is 87.1 Å². The molecule has 4 aliphatic rings. The third kappa shape index (κ3) is 7.97. The van der Waals surface area contributed by atoms with E-state index in [0.717, 1.165) is 121 Å². The Morgan fingerprint density at radius 1 is 0.679 bits per heavy atom. The SMILES string of the molecule is COC(=O)N[C@H]1CCCCOCc2[nH]c(nc2-c2ccc(-c3ccc(-c4nc5[nH]c4COCCCC[C@H](C)C(=O)N4CCC[C@@H]54)cc3)cc2)[C@@H]2CCCN2C1=O. The van der Waals surface area contributed by atoms with Crippen molar-refractivity contribution in [3.8, 4) is 33.6 Å². The summed E-state index contributed by atoms with van der Waals surface area (Å²) in [4.78, 5) is 60.5. The van der Waals surface area contributed by atoms with E-state index in [1.54, 1.807) is 0 Å². The molecule has 6 heterocycles. The maximum absolute atomic E-state index is 13.8. The zero-order valence-corrected chi connectivity index (χ0v) is 32.5. The molecule has 2 fully saturated rings. The zero-order chi connectivity index (χ0) is 38.6. The van der Waals surface area contributed by atoms with Crippen molar-refractivity contribution in [3.05, 3.63) is 71.6 Å². The van der Waals surface area contributed by atoms with Gasteiger partial charge in [-0.05, 0) is 68.9 Å². The molecule has 3 amide bonds. The molecule has 2 aromatic carbocycles. The van der Waals surface area contributed by atoms with Crippen molar-refractivity contribution in [2.45, 2.75) is 102 Å². The molecule has 2 saturated heterocycles. The molecular weight excluding hydrogens is 711 g/mol. The van der Waals surface area contributed by atoms with Gasteiger partial charge in [0.15, 0.2) is 0 Å². The van der Waals surface area contributed by atoms with Crippen LogP contribution in [0.5, 0.6) is 0 Å².